The Morgan fingerprint density at radius 2 is 2.15 bits per heavy atom. The summed E-state index contributed by atoms with van der Waals surface area (Å²) in [5, 5.41) is 2.38. The van der Waals surface area contributed by atoms with Gasteiger partial charge in [-0.3, -0.25) is 9.59 Å². The first-order valence-electron chi connectivity index (χ1n) is 3.95. The summed E-state index contributed by atoms with van der Waals surface area (Å²) < 4.78 is 0. The summed E-state index contributed by atoms with van der Waals surface area (Å²) in [4.78, 5) is 21.7. The predicted molar refractivity (Wildman–Crippen MR) is 49.6 cm³/mol. The Morgan fingerprint density at radius 1 is 1.62 bits per heavy atom. The number of hydrogen-bond donors (Lipinski definition) is 3. The van der Waals surface area contributed by atoms with Gasteiger partial charge in [-0.05, 0) is 13.3 Å². The molecule has 0 aromatic heterocycles. The van der Waals surface area contributed by atoms with Crippen molar-refractivity contribution in [2.75, 3.05) is 0 Å². The van der Waals surface area contributed by atoms with Gasteiger partial charge in [-0.1, -0.05) is 6.08 Å². The molecule has 0 saturated heterocycles. The minimum atomic E-state index is -0.691. The Bertz CT molecular complexity index is 215. The molecule has 0 saturated carbocycles. The normalized spacial score (nSPS) is 14.3. The smallest absolute Gasteiger partial charge is 0.239 e. The second-order valence-electron chi connectivity index (χ2n) is 2.76. The van der Waals surface area contributed by atoms with Gasteiger partial charge in [0.05, 0.1) is 6.04 Å². The molecular formula is C8H15N3O2. The van der Waals surface area contributed by atoms with Crippen LogP contribution in [-0.4, -0.2) is 23.9 Å². The Kier molecular flexibility index (Phi) is 4.76. The van der Waals surface area contributed by atoms with Gasteiger partial charge in [0.1, 0.15) is 6.04 Å². The van der Waals surface area contributed by atoms with E-state index < -0.39 is 23.9 Å². The molecule has 0 fully saturated rings. The third-order valence-electron chi connectivity index (χ3n) is 1.54. The lowest BCUT2D eigenvalue weighted by Gasteiger charge is -2.13. The van der Waals surface area contributed by atoms with Crippen molar-refractivity contribution in [1.82, 2.24) is 5.32 Å². The fraction of sp³-hybridized carbons (Fsp3) is 0.500. The van der Waals surface area contributed by atoms with Crippen LogP contribution in [0.3, 0.4) is 0 Å². The van der Waals surface area contributed by atoms with Crippen LogP contribution in [0.5, 0.6) is 0 Å². The standard InChI is InChI=1S/C8H15N3O2/c1-3-4-6(9)8(13)11-5(2)7(10)12/h3,5-6H,1,4,9H2,2H3,(H2,10,12)(H,11,13). The molecule has 0 aliphatic heterocycles. The topological polar surface area (TPSA) is 98.2 Å². The number of rotatable bonds is 5. The number of carbonyl (C=O) groups excluding carboxylic acids is 2. The Labute approximate surface area is 77.2 Å². The van der Waals surface area contributed by atoms with E-state index >= 15 is 0 Å². The van der Waals surface area contributed by atoms with Gasteiger partial charge in [0.15, 0.2) is 0 Å². The lowest BCUT2D eigenvalue weighted by molar-refractivity contribution is -0.127. The van der Waals surface area contributed by atoms with E-state index in [-0.39, 0.29) is 0 Å². The van der Waals surface area contributed by atoms with E-state index in [2.05, 4.69) is 11.9 Å². The molecule has 2 unspecified atom stereocenters. The predicted octanol–water partition coefficient (Wildman–Crippen LogP) is -1.12. The maximum atomic E-state index is 11.2. The van der Waals surface area contributed by atoms with Gasteiger partial charge in [0.25, 0.3) is 0 Å². The van der Waals surface area contributed by atoms with Crippen LogP contribution in [0.25, 0.3) is 0 Å². The molecule has 2 amide bonds. The average molecular weight is 185 g/mol. The molecule has 0 aliphatic carbocycles. The quantitative estimate of drug-likeness (QED) is 0.473. The molecule has 0 bridgehead atoms. The molecule has 13 heavy (non-hydrogen) atoms. The van der Waals surface area contributed by atoms with Crippen LogP contribution < -0.4 is 16.8 Å². The van der Waals surface area contributed by atoms with E-state index in [1.165, 1.54) is 6.92 Å². The summed E-state index contributed by atoms with van der Waals surface area (Å²) in [6, 6.07) is -1.36. The van der Waals surface area contributed by atoms with Gasteiger partial charge in [0, 0.05) is 0 Å². The van der Waals surface area contributed by atoms with Crippen LogP contribution in [0.1, 0.15) is 13.3 Å². The second-order valence-corrected chi connectivity index (χ2v) is 2.76. The van der Waals surface area contributed by atoms with E-state index in [0.29, 0.717) is 6.42 Å². The zero-order valence-corrected chi connectivity index (χ0v) is 7.62. The van der Waals surface area contributed by atoms with Crippen LogP contribution in [-0.2, 0) is 9.59 Å². The fourth-order valence-corrected chi connectivity index (χ4v) is 0.678. The number of amides is 2. The summed E-state index contributed by atoms with van der Waals surface area (Å²) in [7, 11) is 0. The van der Waals surface area contributed by atoms with Gasteiger partial charge in [-0.15, -0.1) is 6.58 Å². The van der Waals surface area contributed by atoms with E-state index in [0.717, 1.165) is 0 Å². The fourth-order valence-electron chi connectivity index (χ4n) is 0.678. The zero-order valence-electron chi connectivity index (χ0n) is 7.62. The van der Waals surface area contributed by atoms with Crippen molar-refractivity contribution < 1.29 is 9.59 Å². The molecule has 0 heterocycles. The van der Waals surface area contributed by atoms with Gasteiger partial charge in [-0.2, -0.15) is 0 Å². The number of nitrogens with two attached hydrogens (primary N) is 2. The van der Waals surface area contributed by atoms with E-state index in [9.17, 15) is 9.59 Å². The molecule has 5 N–H and O–H groups in total. The highest BCUT2D eigenvalue weighted by atomic mass is 16.2. The van der Waals surface area contributed by atoms with Crippen molar-refractivity contribution in [2.24, 2.45) is 11.5 Å². The monoisotopic (exact) mass is 185 g/mol. The van der Waals surface area contributed by atoms with Crippen molar-refractivity contribution >= 4 is 11.8 Å². The first-order valence-corrected chi connectivity index (χ1v) is 3.95. The molecule has 74 valence electrons. The SMILES string of the molecule is C=CCC(N)C(=O)NC(C)C(N)=O. The Balaban J connectivity index is 3.99. The number of carbonyl (C=O) groups is 2. The van der Waals surface area contributed by atoms with Crippen LogP contribution in [0, 0.1) is 0 Å². The highest BCUT2D eigenvalue weighted by molar-refractivity contribution is 5.88. The Morgan fingerprint density at radius 3 is 2.54 bits per heavy atom. The summed E-state index contributed by atoms with van der Waals surface area (Å²) in [5.41, 5.74) is 10.4. The van der Waals surface area contributed by atoms with E-state index in [1.807, 2.05) is 0 Å². The summed E-state index contributed by atoms with van der Waals surface area (Å²) >= 11 is 0. The van der Waals surface area contributed by atoms with Crippen molar-refractivity contribution in [3.8, 4) is 0 Å². The minimum absolute atomic E-state index is 0.372. The first-order chi connectivity index (χ1) is 5.99. The second kappa shape index (κ2) is 5.31. The van der Waals surface area contributed by atoms with Gasteiger partial charge < -0.3 is 16.8 Å². The lowest BCUT2D eigenvalue weighted by Crippen LogP contribution is -2.48. The van der Waals surface area contributed by atoms with Gasteiger partial charge in [0.2, 0.25) is 11.8 Å². The molecule has 0 rings (SSSR count). The van der Waals surface area contributed by atoms with E-state index in [4.69, 9.17) is 11.5 Å². The van der Waals surface area contributed by atoms with Crippen molar-refractivity contribution in [3.63, 3.8) is 0 Å². The largest absolute Gasteiger partial charge is 0.368 e. The maximum absolute atomic E-state index is 11.2. The van der Waals surface area contributed by atoms with Crippen LogP contribution in [0.15, 0.2) is 12.7 Å². The molecule has 5 nitrogen and oxygen atoms in total. The average Bonchev–Trinajstić information content (AvgIpc) is 2.04. The zero-order chi connectivity index (χ0) is 10.4. The first kappa shape index (κ1) is 11.6. The molecule has 0 radical (unpaired) electrons. The minimum Gasteiger partial charge on any atom is -0.368 e. The third-order valence-corrected chi connectivity index (χ3v) is 1.54. The molecule has 0 aromatic rings. The molecular weight excluding hydrogens is 170 g/mol. The van der Waals surface area contributed by atoms with E-state index in [1.54, 1.807) is 6.08 Å². The number of nitrogens with one attached hydrogen (secondary N) is 1. The highest BCUT2D eigenvalue weighted by Crippen LogP contribution is 1.90. The molecule has 0 aliphatic rings. The summed E-state index contributed by atoms with van der Waals surface area (Å²) in [6.07, 6.45) is 1.91. The Hall–Kier alpha value is -1.36. The third kappa shape index (κ3) is 4.27. The molecule has 5 heteroatoms. The van der Waals surface area contributed by atoms with Gasteiger partial charge in [-0.25, -0.2) is 0 Å². The van der Waals surface area contributed by atoms with Crippen molar-refractivity contribution in [1.29, 1.82) is 0 Å². The summed E-state index contributed by atoms with van der Waals surface area (Å²) in [5.74, 6) is -0.981. The number of hydrogen-bond acceptors (Lipinski definition) is 3. The molecule has 0 spiro atoms. The highest BCUT2D eigenvalue weighted by Gasteiger charge is 2.16. The maximum Gasteiger partial charge on any atom is 0.239 e. The van der Waals surface area contributed by atoms with Crippen molar-refractivity contribution in [2.45, 2.75) is 25.4 Å². The van der Waals surface area contributed by atoms with Gasteiger partial charge >= 0.3 is 0 Å². The molecule has 0 aromatic carbocycles. The van der Waals surface area contributed by atoms with Crippen molar-refractivity contribution in [3.05, 3.63) is 12.7 Å². The van der Waals surface area contributed by atoms with Crippen LogP contribution in [0.4, 0.5) is 0 Å². The number of primary amides is 1. The lowest BCUT2D eigenvalue weighted by atomic mass is 10.2. The van der Waals surface area contributed by atoms with Crippen LogP contribution >= 0.6 is 0 Å². The van der Waals surface area contributed by atoms with Crippen LogP contribution in [0.2, 0.25) is 0 Å². The molecule has 2 atom stereocenters. The summed E-state index contributed by atoms with van der Waals surface area (Å²) in [6.45, 7) is 4.95.